The van der Waals surface area contributed by atoms with Gasteiger partial charge in [-0.25, -0.2) is 4.98 Å². The average molecular weight is 342 g/mol. The van der Waals surface area contributed by atoms with Crippen molar-refractivity contribution in [2.45, 2.75) is 37.8 Å². The first kappa shape index (κ1) is 15.7. The SMILES string of the molecule is CN1CCC[C@H]1[C@H]1CCCN1C(=O)c1cnc(-c2ccccn2)s1. The summed E-state index contributed by atoms with van der Waals surface area (Å²) in [5.41, 5.74) is 0.829. The maximum absolute atomic E-state index is 13.0. The Morgan fingerprint density at radius 1 is 1.17 bits per heavy atom. The fraction of sp³-hybridized carbons (Fsp3) is 0.500. The van der Waals surface area contributed by atoms with Crippen molar-refractivity contribution in [3.63, 3.8) is 0 Å². The first-order valence-electron chi connectivity index (χ1n) is 8.62. The largest absolute Gasteiger partial charge is 0.333 e. The lowest BCUT2D eigenvalue weighted by Gasteiger charge is -2.33. The summed E-state index contributed by atoms with van der Waals surface area (Å²) in [6, 6.07) is 6.62. The molecule has 5 nitrogen and oxygen atoms in total. The molecule has 2 saturated heterocycles. The number of amides is 1. The van der Waals surface area contributed by atoms with E-state index in [9.17, 15) is 4.79 Å². The quantitative estimate of drug-likeness (QED) is 0.860. The lowest BCUT2D eigenvalue weighted by molar-refractivity contribution is 0.0669. The van der Waals surface area contributed by atoms with Gasteiger partial charge in [-0.3, -0.25) is 9.78 Å². The van der Waals surface area contributed by atoms with Gasteiger partial charge in [0.2, 0.25) is 0 Å². The van der Waals surface area contributed by atoms with Gasteiger partial charge in [-0.2, -0.15) is 0 Å². The molecule has 0 radical (unpaired) electrons. The summed E-state index contributed by atoms with van der Waals surface area (Å²) in [4.78, 5) is 27.0. The highest BCUT2D eigenvalue weighted by molar-refractivity contribution is 7.16. The van der Waals surface area contributed by atoms with Crippen molar-refractivity contribution >= 4 is 17.2 Å². The van der Waals surface area contributed by atoms with Crippen LogP contribution in [0.3, 0.4) is 0 Å². The van der Waals surface area contributed by atoms with Crippen molar-refractivity contribution in [2.75, 3.05) is 20.1 Å². The summed E-state index contributed by atoms with van der Waals surface area (Å²) in [7, 11) is 2.19. The monoisotopic (exact) mass is 342 g/mol. The van der Waals surface area contributed by atoms with E-state index in [2.05, 4.69) is 26.8 Å². The van der Waals surface area contributed by atoms with Crippen molar-refractivity contribution in [3.05, 3.63) is 35.5 Å². The van der Waals surface area contributed by atoms with Gasteiger partial charge in [-0.1, -0.05) is 6.07 Å². The van der Waals surface area contributed by atoms with Crippen LogP contribution in [-0.2, 0) is 0 Å². The lowest BCUT2D eigenvalue weighted by Crippen LogP contribution is -2.46. The molecule has 126 valence electrons. The zero-order valence-electron chi connectivity index (χ0n) is 13.9. The number of carbonyl (C=O) groups is 1. The van der Waals surface area contributed by atoms with E-state index in [1.54, 1.807) is 12.4 Å². The molecular formula is C18H22N4OS. The van der Waals surface area contributed by atoms with Gasteiger partial charge < -0.3 is 9.80 Å². The minimum atomic E-state index is 0.137. The predicted molar refractivity (Wildman–Crippen MR) is 95.1 cm³/mol. The number of hydrogen-bond acceptors (Lipinski definition) is 5. The molecule has 1 amide bonds. The third kappa shape index (κ3) is 2.84. The van der Waals surface area contributed by atoms with Crippen LogP contribution in [0.2, 0.25) is 0 Å². The number of rotatable bonds is 3. The number of pyridine rings is 1. The van der Waals surface area contributed by atoms with Crippen LogP contribution in [-0.4, -0.2) is 57.9 Å². The summed E-state index contributed by atoms with van der Waals surface area (Å²) in [5.74, 6) is 0.137. The number of aromatic nitrogens is 2. The Hall–Kier alpha value is -1.79. The molecule has 24 heavy (non-hydrogen) atoms. The highest BCUT2D eigenvalue weighted by atomic mass is 32.1. The minimum Gasteiger partial charge on any atom is -0.333 e. The van der Waals surface area contributed by atoms with E-state index >= 15 is 0 Å². The summed E-state index contributed by atoms with van der Waals surface area (Å²) < 4.78 is 0. The maximum atomic E-state index is 13.0. The highest BCUT2D eigenvalue weighted by Crippen LogP contribution is 2.32. The van der Waals surface area contributed by atoms with Crippen LogP contribution < -0.4 is 0 Å². The van der Waals surface area contributed by atoms with Gasteiger partial charge in [-0.15, -0.1) is 11.3 Å². The number of hydrogen-bond donors (Lipinski definition) is 0. The molecule has 0 aliphatic carbocycles. The van der Waals surface area contributed by atoms with Gasteiger partial charge in [0, 0.05) is 24.8 Å². The molecule has 2 aliphatic heterocycles. The smallest absolute Gasteiger partial charge is 0.265 e. The van der Waals surface area contributed by atoms with Gasteiger partial charge in [-0.05, 0) is 51.4 Å². The standard InChI is InChI=1S/C18H22N4OS/c1-21-10-4-7-14(21)15-8-5-11-22(15)18(23)16-12-20-17(24-16)13-6-2-3-9-19-13/h2-3,6,9,12,14-15H,4-5,7-8,10-11H2,1H3/t14-,15+/m0/s1. The Balaban J connectivity index is 1.54. The van der Waals surface area contributed by atoms with E-state index < -0.39 is 0 Å². The van der Waals surface area contributed by atoms with E-state index in [0.717, 1.165) is 41.5 Å². The number of nitrogens with zero attached hydrogens (tertiary/aromatic N) is 4. The Morgan fingerprint density at radius 2 is 2.00 bits per heavy atom. The fourth-order valence-corrected chi connectivity index (χ4v) is 4.84. The van der Waals surface area contributed by atoms with E-state index in [1.807, 2.05) is 18.2 Å². The van der Waals surface area contributed by atoms with Gasteiger partial charge in [0.15, 0.2) is 0 Å². The lowest BCUT2D eigenvalue weighted by atomic mass is 10.0. The number of likely N-dealkylation sites (tertiary alicyclic amines) is 2. The molecular weight excluding hydrogens is 320 g/mol. The van der Waals surface area contributed by atoms with Gasteiger partial charge in [0.25, 0.3) is 5.91 Å². The molecule has 2 fully saturated rings. The van der Waals surface area contributed by atoms with E-state index in [-0.39, 0.29) is 5.91 Å². The second-order valence-electron chi connectivity index (χ2n) is 6.64. The molecule has 4 heterocycles. The van der Waals surface area contributed by atoms with Crippen molar-refractivity contribution in [1.29, 1.82) is 0 Å². The van der Waals surface area contributed by atoms with Crippen LogP contribution in [0.15, 0.2) is 30.6 Å². The van der Waals surface area contributed by atoms with Crippen molar-refractivity contribution in [2.24, 2.45) is 0 Å². The van der Waals surface area contributed by atoms with Gasteiger partial charge in [0.05, 0.1) is 11.9 Å². The molecule has 2 atom stereocenters. The Labute approximate surface area is 146 Å². The second-order valence-corrected chi connectivity index (χ2v) is 7.67. The van der Waals surface area contributed by atoms with Crippen molar-refractivity contribution in [1.82, 2.24) is 19.8 Å². The van der Waals surface area contributed by atoms with Gasteiger partial charge >= 0.3 is 0 Å². The van der Waals surface area contributed by atoms with Crippen LogP contribution in [0.1, 0.15) is 35.4 Å². The predicted octanol–water partition coefficient (Wildman–Crippen LogP) is 2.90. The van der Waals surface area contributed by atoms with Crippen molar-refractivity contribution in [3.8, 4) is 10.7 Å². The van der Waals surface area contributed by atoms with Gasteiger partial charge in [0.1, 0.15) is 9.88 Å². The molecule has 2 aliphatic rings. The second kappa shape index (κ2) is 6.61. The highest BCUT2D eigenvalue weighted by Gasteiger charge is 2.39. The Kier molecular flexibility index (Phi) is 4.33. The molecule has 2 aromatic rings. The molecule has 6 heteroatoms. The van der Waals surface area contributed by atoms with Crippen molar-refractivity contribution < 1.29 is 4.79 Å². The first-order valence-corrected chi connectivity index (χ1v) is 9.44. The van der Waals surface area contributed by atoms with E-state index in [1.165, 1.54) is 24.2 Å². The van der Waals surface area contributed by atoms with Crippen LogP contribution in [0, 0.1) is 0 Å². The average Bonchev–Trinajstić information content (AvgIpc) is 3.35. The number of thiazole rings is 1. The van der Waals surface area contributed by atoms with E-state index in [0.29, 0.717) is 12.1 Å². The fourth-order valence-electron chi connectivity index (χ4n) is 3.99. The molecule has 0 saturated carbocycles. The summed E-state index contributed by atoms with van der Waals surface area (Å²) in [6.07, 6.45) is 8.13. The van der Waals surface area contributed by atoms with E-state index in [4.69, 9.17) is 0 Å². The summed E-state index contributed by atoms with van der Waals surface area (Å²) >= 11 is 1.45. The maximum Gasteiger partial charge on any atom is 0.265 e. The number of carbonyl (C=O) groups excluding carboxylic acids is 1. The topological polar surface area (TPSA) is 49.3 Å². The third-order valence-corrected chi connectivity index (χ3v) is 6.19. The molecule has 0 N–H and O–H groups in total. The molecule has 0 spiro atoms. The molecule has 0 aromatic carbocycles. The minimum absolute atomic E-state index is 0.137. The summed E-state index contributed by atoms with van der Waals surface area (Å²) in [5, 5.41) is 0.813. The Morgan fingerprint density at radius 3 is 2.75 bits per heavy atom. The Bertz CT molecular complexity index is 717. The number of likely N-dealkylation sites (N-methyl/N-ethyl adjacent to an activating group) is 1. The summed E-state index contributed by atoms with van der Waals surface area (Å²) in [6.45, 7) is 2.01. The first-order chi connectivity index (χ1) is 11.7. The normalized spacial score (nSPS) is 24.6. The molecule has 2 aromatic heterocycles. The van der Waals surface area contributed by atoms with Crippen LogP contribution in [0.5, 0.6) is 0 Å². The zero-order valence-corrected chi connectivity index (χ0v) is 14.7. The van der Waals surface area contributed by atoms with Crippen LogP contribution in [0.25, 0.3) is 10.7 Å². The zero-order chi connectivity index (χ0) is 16.5. The van der Waals surface area contributed by atoms with Crippen LogP contribution in [0.4, 0.5) is 0 Å². The molecule has 0 unspecified atom stereocenters. The molecule has 0 bridgehead atoms. The third-order valence-electron chi connectivity index (χ3n) is 5.18. The van der Waals surface area contributed by atoms with Crippen LogP contribution >= 0.6 is 11.3 Å². The molecule has 4 rings (SSSR count).